The molecule has 0 bridgehead atoms. The normalized spacial score (nSPS) is 21.1. The summed E-state index contributed by atoms with van der Waals surface area (Å²) in [6, 6.07) is -1.53. The van der Waals surface area contributed by atoms with Crippen LogP contribution in [0.2, 0.25) is 0 Å². The third-order valence-corrected chi connectivity index (χ3v) is 5.24. The molecule has 0 aliphatic carbocycles. The predicted octanol–water partition coefficient (Wildman–Crippen LogP) is -0.0302. The number of carboxylic acid groups (broad SMARTS) is 1. The first kappa shape index (κ1) is 15.5. The molecule has 1 aliphatic heterocycles. The number of urea groups is 1. The van der Waals surface area contributed by atoms with E-state index in [2.05, 4.69) is 10.6 Å². The van der Waals surface area contributed by atoms with Gasteiger partial charge in [0, 0.05) is 42.1 Å². The van der Waals surface area contributed by atoms with Crippen molar-refractivity contribution < 1.29 is 19.8 Å². The highest BCUT2D eigenvalue weighted by atomic mass is 32.2. The van der Waals surface area contributed by atoms with Crippen LogP contribution >= 0.6 is 23.5 Å². The molecule has 6 nitrogen and oxygen atoms in total. The van der Waals surface area contributed by atoms with Crippen LogP contribution in [0.15, 0.2) is 0 Å². The second-order valence-electron chi connectivity index (χ2n) is 3.83. The minimum atomic E-state index is -1.14. The Labute approximate surface area is 114 Å². The zero-order chi connectivity index (χ0) is 13.4. The number of aliphatic hydroxyl groups excluding tert-OH is 1. The second kappa shape index (κ2) is 8.49. The summed E-state index contributed by atoms with van der Waals surface area (Å²) >= 11 is 3.68. The standard InChI is InChI=1S/C10H18N2O4S2/c13-2-1-8(9(14)15)12-10(16)11-5-7-6-17-3-4-18-7/h7-8,13H,1-6H2,(H,14,15)(H2,11,12,16)/t7?,8-/m1/s1. The van der Waals surface area contributed by atoms with Gasteiger partial charge >= 0.3 is 12.0 Å². The highest BCUT2D eigenvalue weighted by Gasteiger charge is 2.20. The molecular weight excluding hydrogens is 276 g/mol. The number of carboxylic acids is 1. The summed E-state index contributed by atoms with van der Waals surface area (Å²) in [5.74, 6) is 2.09. The van der Waals surface area contributed by atoms with E-state index in [1.54, 1.807) is 0 Å². The third kappa shape index (κ3) is 5.83. The SMILES string of the molecule is O=C(NCC1CSCCS1)N[C@H](CCO)C(=O)O. The highest BCUT2D eigenvalue weighted by molar-refractivity contribution is 8.06. The first-order valence-electron chi connectivity index (χ1n) is 5.71. The minimum Gasteiger partial charge on any atom is -0.480 e. The smallest absolute Gasteiger partial charge is 0.326 e. The lowest BCUT2D eigenvalue weighted by atomic mass is 10.2. The maximum Gasteiger partial charge on any atom is 0.326 e. The van der Waals surface area contributed by atoms with Crippen LogP contribution in [-0.2, 0) is 4.79 Å². The number of carbonyl (C=O) groups is 2. The van der Waals surface area contributed by atoms with Crippen molar-refractivity contribution in [2.45, 2.75) is 17.7 Å². The Balaban J connectivity index is 2.24. The molecule has 1 heterocycles. The molecule has 2 amide bonds. The van der Waals surface area contributed by atoms with Crippen LogP contribution in [0.25, 0.3) is 0 Å². The summed E-state index contributed by atoms with van der Waals surface area (Å²) < 4.78 is 0. The molecule has 0 aromatic carbocycles. The van der Waals surface area contributed by atoms with Gasteiger partial charge in [0.1, 0.15) is 6.04 Å². The van der Waals surface area contributed by atoms with Gasteiger partial charge in [0.15, 0.2) is 0 Å². The molecule has 18 heavy (non-hydrogen) atoms. The van der Waals surface area contributed by atoms with Crippen molar-refractivity contribution in [2.75, 3.05) is 30.4 Å². The van der Waals surface area contributed by atoms with Crippen LogP contribution < -0.4 is 10.6 Å². The van der Waals surface area contributed by atoms with E-state index >= 15 is 0 Å². The number of aliphatic hydroxyl groups is 1. The Bertz CT molecular complexity index is 285. The number of carbonyl (C=O) groups excluding carboxylic acids is 1. The van der Waals surface area contributed by atoms with Gasteiger partial charge in [-0.2, -0.15) is 23.5 Å². The van der Waals surface area contributed by atoms with E-state index in [1.165, 1.54) is 0 Å². The topological polar surface area (TPSA) is 98.7 Å². The van der Waals surface area contributed by atoms with Crippen molar-refractivity contribution in [3.05, 3.63) is 0 Å². The largest absolute Gasteiger partial charge is 0.480 e. The summed E-state index contributed by atoms with van der Waals surface area (Å²) in [7, 11) is 0. The van der Waals surface area contributed by atoms with Crippen LogP contribution in [0.3, 0.4) is 0 Å². The van der Waals surface area contributed by atoms with E-state index in [0.717, 1.165) is 17.3 Å². The number of nitrogens with one attached hydrogen (secondary N) is 2. The first-order valence-corrected chi connectivity index (χ1v) is 7.91. The van der Waals surface area contributed by atoms with Crippen LogP contribution in [0.5, 0.6) is 0 Å². The number of hydrogen-bond acceptors (Lipinski definition) is 5. The molecule has 1 saturated heterocycles. The number of rotatable bonds is 6. The van der Waals surface area contributed by atoms with E-state index in [1.807, 2.05) is 23.5 Å². The number of thioether (sulfide) groups is 2. The number of hydrogen-bond donors (Lipinski definition) is 4. The maximum absolute atomic E-state index is 11.5. The summed E-state index contributed by atoms with van der Waals surface area (Å²) in [6.45, 7) is 0.265. The molecule has 2 atom stereocenters. The predicted molar refractivity (Wildman–Crippen MR) is 73.2 cm³/mol. The van der Waals surface area contributed by atoms with Crippen LogP contribution in [0.4, 0.5) is 4.79 Å². The minimum absolute atomic E-state index is 0.0107. The van der Waals surface area contributed by atoms with Gasteiger partial charge in [-0.3, -0.25) is 0 Å². The Morgan fingerprint density at radius 3 is 2.72 bits per heavy atom. The van der Waals surface area contributed by atoms with Gasteiger partial charge in [-0.1, -0.05) is 0 Å². The van der Waals surface area contributed by atoms with Crippen molar-refractivity contribution in [1.82, 2.24) is 10.6 Å². The first-order chi connectivity index (χ1) is 8.63. The van der Waals surface area contributed by atoms with Crippen molar-refractivity contribution >= 4 is 35.5 Å². The average molecular weight is 294 g/mol. The summed E-state index contributed by atoms with van der Waals surface area (Å²) in [5.41, 5.74) is 0. The Morgan fingerprint density at radius 2 is 2.17 bits per heavy atom. The Kier molecular flexibility index (Phi) is 7.29. The van der Waals surface area contributed by atoms with E-state index < -0.39 is 18.0 Å². The molecule has 0 aromatic rings. The van der Waals surface area contributed by atoms with Gasteiger partial charge in [0.05, 0.1) is 0 Å². The van der Waals surface area contributed by atoms with Gasteiger partial charge in [-0.05, 0) is 0 Å². The Morgan fingerprint density at radius 1 is 1.39 bits per heavy atom. The molecular formula is C10H18N2O4S2. The van der Waals surface area contributed by atoms with Gasteiger partial charge in [-0.15, -0.1) is 0 Å². The zero-order valence-electron chi connectivity index (χ0n) is 9.92. The maximum atomic E-state index is 11.5. The number of amides is 2. The van der Waals surface area contributed by atoms with Gasteiger partial charge in [0.2, 0.25) is 0 Å². The molecule has 0 aromatic heterocycles. The van der Waals surface area contributed by atoms with Gasteiger partial charge < -0.3 is 20.8 Å². The monoisotopic (exact) mass is 294 g/mol. The molecule has 0 spiro atoms. The molecule has 4 N–H and O–H groups in total. The molecule has 1 rings (SSSR count). The van der Waals surface area contributed by atoms with Crippen LogP contribution in [-0.4, -0.2) is 63.9 Å². The lowest BCUT2D eigenvalue weighted by Crippen LogP contribution is -2.48. The van der Waals surface area contributed by atoms with Crippen molar-refractivity contribution in [3.63, 3.8) is 0 Å². The number of aliphatic carboxylic acids is 1. The third-order valence-electron chi connectivity index (χ3n) is 2.40. The van der Waals surface area contributed by atoms with Crippen molar-refractivity contribution in [3.8, 4) is 0 Å². The van der Waals surface area contributed by atoms with Gasteiger partial charge in [-0.25, -0.2) is 9.59 Å². The molecule has 104 valence electrons. The summed E-state index contributed by atoms with van der Waals surface area (Å²) in [5, 5.41) is 22.9. The van der Waals surface area contributed by atoms with E-state index in [4.69, 9.17) is 10.2 Å². The van der Waals surface area contributed by atoms with Crippen molar-refractivity contribution in [2.24, 2.45) is 0 Å². The fourth-order valence-electron chi connectivity index (χ4n) is 1.46. The summed E-state index contributed by atoms with van der Waals surface area (Å²) in [4.78, 5) is 22.3. The zero-order valence-corrected chi connectivity index (χ0v) is 11.6. The lowest BCUT2D eigenvalue weighted by Gasteiger charge is -2.21. The van der Waals surface area contributed by atoms with Gasteiger partial charge in [0.25, 0.3) is 0 Å². The Hall–Kier alpha value is -0.600. The molecule has 1 unspecified atom stereocenters. The summed E-state index contributed by atoms with van der Waals surface area (Å²) in [6.07, 6.45) is 0.0107. The molecule has 1 aliphatic rings. The fourth-order valence-corrected chi connectivity index (χ4v) is 4.07. The average Bonchev–Trinajstić information content (AvgIpc) is 2.37. The molecule has 8 heteroatoms. The van der Waals surface area contributed by atoms with Crippen LogP contribution in [0, 0.1) is 0 Å². The lowest BCUT2D eigenvalue weighted by molar-refractivity contribution is -0.139. The van der Waals surface area contributed by atoms with E-state index in [9.17, 15) is 9.59 Å². The fraction of sp³-hybridized carbons (Fsp3) is 0.800. The van der Waals surface area contributed by atoms with Crippen molar-refractivity contribution in [1.29, 1.82) is 0 Å². The van der Waals surface area contributed by atoms with E-state index in [-0.39, 0.29) is 13.0 Å². The van der Waals surface area contributed by atoms with E-state index in [0.29, 0.717) is 11.8 Å². The quantitative estimate of drug-likeness (QED) is 0.549. The molecule has 0 radical (unpaired) electrons. The van der Waals surface area contributed by atoms with Crippen LogP contribution in [0.1, 0.15) is 6.42 Å². The molecule has 1 fully saturated rings. The second-order valence-corrected chi connectivity index (χ2v) is 6.38. The highest BCUT2D eigenvalue weighted by Crippen LogP contribution is 2.23. The molecule has 0 saturated carbocycles.